The Morgan fingerprint density at radius 3 is 2.52 bits per heavy atom. The Balaban J connectivity index is 1.49. The highest BCUT2D eigenvalue weighted by Gasteiger charge is 2.30. The van der Waals surface area contributed by atoms with E-state index in [4.69, 9.17) is 4.74 Å². The minimum atomic E-state index is -4.35. The Labute approximate surface area is 157 Å². The summed E-state index contributed by atoms with van der Waals surface area (Å²) in [6, 6.07) is 19.7. The van der Waals surface area contributed by atoms with Crippen LogP contribution in [0.15, 0.2) is 66.7 Å². The lowest BCUT2D eigenvalue weighted by Gasteiger charge is -2.17. The summed E-state index contributed by atoms with van der Waals surface area (Å²) in [6.07, 6.45) is -3.65. The molecule has 0 aliphatic carbocycles. The van der Waals surface area contributed by atoms with Gasteiger partial charge < -0.3 is 10.1 Å². The maximum Gasteiger partial charge on any atom is 0.416 e. The molecule has 2 nitrogen and oxygen atoms in total. The van der Waals surface area contributed by atoms with Crippen molar-refractivity contribution in [3.63, 3.8) is 0 Å². The molecule has 0 saturated carbocycles. The molecule has 3 aromatic rings. The molecule has 0 aliphatic heterocycles. The van der Waals surface area contributed by atoms with Gasteiger partial charge in [-0.05, 0) is 54.4 Å². The van der Waals surface area contributed by atoms with Crippen molar-refractivity contribution in [2.75, 3.05) is 13.2 Å². The number of hydrogen-bond acceptors (Lipinski definition) is 2. The molecule has 0 amide bonds. The van der Waals surface area contributed by atoms with E-state index >= 15 is 0 Å². The lowest BCUT2D eigenvalue weighted by Crippen LogP contribution is -2.21. The van der Waals surface area contributed by atoms with Crippen molar-refractivity contribution >= 4 is 10.8 Å². The summed E-state index contributed by atoms with van der Waals surface area (Å²) in [5.41, 5.74) is 0.537. The predicted octanol–water partition coefficient (Wildman–Crippen LogP) is 5.98. The standard InChI is InChI=1S/C22H22F3NO/c1-16(20-12-4-8-17-7-2-3-11-21(17)20)26-13-6-14-27-19-10-5-9-18(15-19)22(23,24)25/h2-5,7-12,15-16,26H,6,13-14H2,1H3/t16-/m1/s1. The van der Waals surface area contributed by atoms with Gasteiger partial charge in [0.05, 0.1) is 12.2 Å². The summed E-state index contributed by atoms with van der Waals surface area (Å²) in [5.74, 6) is 0.243. The van der Waals surface area contributed by atoms with Gasteiger partial charge >= 0.3 is 6.18 Å². The third-order valence-corrected chi connectivity index (χ3v) is 4.49. The first kappa shape index (κ1) is 19.2. The van der Waals surface area contributed by atoms with Crippen molar-refractivity contribution in [1.82, 2.24) is 5.32 Å². The Morgan fingerprint density at radius 2 is 1.70 bits per heavy atom. The lowest BCUT2D eigenvalue weighted by atomic mass is 10.00. The Morgan fingerprint density at radius 1 is 0.963 bits per heavy atom. The first-order valence-electron chi connectivity index (χ1n) is 8.96. The average Bonchev–Trinajstić information content (AvgIpc) is 2.66. The van der Waals surface area contributed by atoms with E-state index in [-0.39, 0.29) is 11.8 Å². The Hall–Kier alpha value is -2.53. The van der Waals surface area contributed by atoms with Gasteiger partial charge in [-0.2, -0.15) is 13.2 Å². The van der Waals surface area contributed by atoms with Crippen LogP contribution >= 0.6 is 0 Å². The SMILES string of the molecule is C[C@@H](NCCCOc1cccc(C(F)(F)F)c1)c1cccc2ccccc12. The van der Waals surface area contributed by atoms with Crippen molar-refractivity contribution in [2.24, 2.45) is 0 Å². The maximum atomic E-state index is 12.7. The molecule has 3 rings (SSSR count). The van der Waals surface area contributed by atoms with E-state index in [0.29, 0.717) is 19.6 Å². The van der Waals surface area contributed by atoms with Crippen LogP contribution in [0.5, 0.6) is 5.75 Å². The minimum Gasteiger partial charge on any atom is -0.494 e. The van der Waals surface area contributed by atoms with Crippen LogP contribution in [0.4, 0.5) is 13.2 Å². The fraction of sp³-hybridized carbons (Fsp3) is 0.273. The van der Waals surface area contributed by atoms with E-state index in [9.17, 15) is 13.2 Å². The van der Waals surface area contributed by atoms with Crippen LogP contribution in [0.25, 0.3) is 10.8 Å². The summed E-state index contributed by atoms with van der Waals surface area (Å²) >= 11 is 0. The van der Waals surface area contributed by atoms with Gasteiger partial charge in [-0.1, -0.05) is 48.5 Å². The highest BCUT2D eigenvalue weighted by molar-refractivity contribution is 5.86. The number of rotatable bonds is 7. The van der Waals surface area contributed by atoms with Crippen molar-refractivity contribution in [1.29, 1.82) is 0 Å². The van der Waals surface area contributed by atoms with E-state index in [1.54, 1.807) is 6.07 Å². The first-order valence-corrected chi connectivity index (χ1v) is 8.96. The highest BCUT2D eigenvalue weighted by Crippen LogP contribution is 2.31. The van der Waals surface area contributed by atoms with Crippen molar-refractivity contribution in [2.45, 2.75) is 25.6 Å². The number of halogens is 3. The quantitative estimate of drug-likeness (QED) is 0.515. The van der Waals surface area contributed by atoms with Crippen LogP contribution in [0, 0.1) is 0 Å². The summed E-state index contributed by atoms with van der Waals surface area (Å²) in [5, 5.41) is 5.88. The molecule has 3 aromatic carbocycles. The fourth-order valence-corrected chi connectivity index (χ4v) is 3.08. The highest BCUT2D eigenvalue weighted by atomic mass is 19.4. The second kappa shape index (κ2) is 8.44. The zero-order valence-corrected chi connectivity index (χ0v) is 15.1. The molecule has 0 bridgehead atoms. The van der Waals surface area contributed by atoms with Crippen LogP contribution in [-0.4, -0.2) is 13.2 Å². The molecule has 0 saturated heterocycles. The second-order valence-corrected chi connectivity index (χ2v) is 6.47. The van der Waals surface area contributed by atoms with E-state index in [1.165, 1.54) is 22.4 Å². The summed E-state index contributed by atoms with van der Waals surface area (Å²) in [6.45, 7) is 3.18. The molecule has 0 aromatic heterocycles. The molecule has 0 heterocycles. The maximum absolute atomic E-state index is 12.7. The zero-order chi connectivity index (χ0) is 19.3. The third kappa shape index (κ3) is 5.01. The smallest absolute Gasteiger partial charge is 0.416 e. The van der Waals surface area contributed by atoms with Crippen LogP contribution < -0.4 is 10.1 Å². The number of fused-ring (bicyclic) bond motifs is 1. The minimum absolute atomic E-state index is 0.171. The molecule has 1 N–H and O–H groups in total. The van der Waals surface area contributed by atoms with Crippen LogP contribution in [0.3, 0.4) is 0 Å². The molecule has 0 radical (unpaired) electrons. The van der Waals surface area contributed by atoms with E-state index in [0.717, 1.165) is 12.1 Å². The van der Waals surface area contributed by atoms with Crippen LogP contribution in [0.1, 0.15) is 30.5 Å². The summed E-state index contributed by atoms with van der Waals surface area (Å²) < 4.78 is 43.6. The van der Waals surface area contributed by atoms with E-state index < -0.39 is 11.7 Å². The number of benzene rings is 3. The molecule has 0 spiro atoms. The Kier molecular flexibility index (Phi) is 6.01. The van der Waals surface area contributed by atoms with Gasteiger partial charge in [0.25, 0.3) is 0 Å². The van der Waals surface area contributed by atoms with Gasteiger partial charge in [0, 0.05) is 6.04 Å². The van der Waals surface area contributed by atoms with Gasteiger partial charge in [-0.15, -0.1) is 0 Å². The molecule has 0 aliphatic rings. The molecule has 5 heteroatoms. The summed E-state index contributed by atoms with van der Waals surface area (Å²) in [4.78, 5) is 0. The van der Waals surface area contributed by atoms with Gasteiger partial charge in [0.15, 0.2) is 0 Å². The van der Waals surface area contributed by atoms with Crippen LogP contribution in [0.2, 0.25) is 0 Å². The Bertz CT molecular complexity index is 887. The molecule has 1 atom stereocenters. The van der Waals surface area contributed by atoms with Crippen molar-refractivity contribution in [3.05, 3.63) is 77.9 Å². The largest absolute Gasteiger partial charge is 0.494 e. The van der Waals surface area contributed by atoms with Crippen molar-refractivity contribution < 1.29 is 17.9 Å². The second-order valence-electron chi connectivity index (χ2n) is 6.47. The normalized spacial score (nSPS) is 12.9. The number of hydrogen-bond donors (Lipinski definition) is 1. The van der Waals surface area contributed by atoms with E-state index in [2.05, 4.69) is 36.5 Å². The molecule has 27 heavy (non-hydrogen) atoms. The number of nitrogens with one attached hydrogen (secondary N) is 1. The molecule has 0 fully saturated rings. The molecular formula is C22H22F3NO. The van der Waals surface area contributed by atoms with Crippen LogP contribution in [-0.2, 0) is 6.18 Å². The van der Waals surface area contributed by atoms with E-state index in [1.807, 2.05) is 18.2 Å². The predicted molar refractivity (Wildman–Crippen MR) is 102 cm³/mol. The third-order valence-electron chi connectivity index (χ3n) is 4.49. The van der Waals surface area contributed by atoms with Crippen molar-refractivity contribution in [3.8, 4) is 5.75 Å². The monoisotopic (exact) mass is 373 g/mol. The lowest BCUT2D eigenvalue weighted by molar-refractivity contribution is -0.137. The van der Waals surface area contributed by atoms with Gasteiger partial charge in [0.1, 0.15) is 5.75 Å². The topological polar surface area (TPSA) is 21.3 Å². The zero-order valence-electron chi connectivity index (χ0n) is 15.1. The molecule has 0 unspecified atom stereocenters. The average molecular weight is 373 g/mol. The number of ether oxygens (including phenoxy) is 1. The van der Waals surface area contributed by atoms with Gasteiger partial charge in [0.2, 0.25) is 0 Å². The first-order chi connectivity index (χ1) is 12.9. The van der Waals surface area contributed by atoms with Gasteiger partial charge in [-0.3, -0.25) is 0 Å². The molecule has 142 valence electrons. The summed E-state index contributed by atoms with van der Waals surface area (Å²) in [7, 11) is 0. The van der Waals surface area contributed by atoms with Gasteiger partial charge in [-0.25, -0.2) is 0 Å². The fourth-order valence-electron chi connectivity index (χ4n) is 3.08. The molecular weight excluding hydrogens is 351 g/mol. The number of alkyl halides is 3.